The van der Waals surface area contributed by atoms with Crippen LogP contribution in [0.2, 0.25) is 0 Å². The van der Waals surface area contributed by atoms with Crippen LogP contribution in [0.15, 0.2) is 52.3 Å². The van der Waals surface area contributed by atoms with Gasteiger partial charge in [-0.2, -0.15) is 13.2 Å². The molecule has 0 bridgehead atoms. The van der Waals surface area contributed by atoms with Crippen LogP contribution in [0.5, 0.6) is 5.75 Å². The molecule has 0 saturated carbocycles. The van der Waals surface area contributed by atoms with Crippen LogP contribution in [0.25, 0.3) is 0 Å². The minimum absolute atomic E-state index is 0.0316. The normalized spacial score (nSPS) is 11.7. The van der Waals surface area contributed by atoms with Gasteiger partial charge in [-0.3, -0.25) is 4.79 Å². The summed E-state index contributed by atoms with van der Waals surface area (Å²) in [5, 5.41) is 1.74. The van der Waals surface area contributed by atoms with Crippen LogP contribution in [0.1, 0.15) is 22.8 Å². The number of esters is 1. The van der Waals surface area contributed by atoms with Crippen molar-refractivity contribution in [2.75, 3.05) is 27.1 Å². The van der Waals surface area contributed by atoms with E-state index in [-0.39, 0.29) is 47.5 Å². The minimum atomic E-state index is -4.97. The second-order valence-corrected chi connectivity index (χ2v) is 8.53. The molecule has 0 spiro atoms. The average molecular weight is 489 g/mol. The third-order valence-corrected chi connectivity index (χ3v) is 6.05. The van der Waals surface area contributed by atoms with E-state index in [0.29, 0.717) is 5.56 Å². The summed E-state index contributed by atoms with van der Waals surface area (Å²) in [4.78, 5) is 22.7. The number of carbonyl (C=O) groups is 2. The molecule has 0 radical (unpaired) electrons. The van der Waals surface area contributed by atoms with Gasteiger partial charge >= 0.3 is 18.1 Å². The molecule has 0 unspecified atom stereocenters. The molecule has 33 heavy (non-hydrogen) atoms. The van der Waals surface area contributed by atoms with E-state index in [9.17, 15) is 31.2 Å². The smallest absolute Gasteiger partial charge is 0.467 e. The summed E-state index contributed by atoms with van der Waals surface area (Å²) in [5.41, 5.74) is 0.558. The molecule has 8 nitrogen and oxygen atoms in total. The van der Waals surface area contributed by atoms with Crippen molar-refractivity contribution in [1.29, 1.82) is 0 Å². The first kappa shape index (κ1) is 26.1. The second-order valence-electron chi connectivity index (χ2n) is 6.58. The Labute approximate surface area is 188 Å². The zero-order valence-corrected chi connectivity index (χ0v) is 18.6. The van der Waals surface area contributed by atoms with E-state index in [4.69, 9.17) is 14.2 Å². The summed E-state index contributed by atoms with van der Waals surface area (Å²) in [6.45, 7) is 1.25. The minimum Gasteiger partial charge on any atom is -0.467 e. The maximum absolute atomic E-state index is 13.0. The Morgan fingerprint density at radius 1 is 1.03 bits per heavy atom. The van der Waals surface area contributed by atoms with Gasteiger partial charge in [0.2, 0.25) is 9.84 Å². The Bertz CT molecular complexity index is 1080. The van der Waals surface area contributed by atoms with Crippen LogP contribution in [-0.4, -0.2) is 53.5 Å². The quantitative estimate of drug-likeness (QED) is 0.404. The van der Waals surface area contributed by atoms with Crippen molar-refractivity contribution in [3.8, 4) is 5.75 Å². The van der Waals surface area contributed by atoms with Crippen molar-refractivity contribution in [2.24, 2.45) is 0 Å². The number of rotatable bonds is 10. The molecule has 1 amide bonds. The van der Waals surface area contributed by atoms with E-state index in [2.05, 4.69) is 0 Å². The zero-order valence-electron chi connectivity index (χ0n) is 17.8. The highest BCUT2D eigenvalue weighted by atomic mass is 32.2. The fourth-order valence-electron chi connectivity index (χ4n) is 2.68. The van der Waals surface area contributed by atoms with Crippen LogP contribution in [0.3, 0.4) is 0 Å². The lowest BCUT2D eigenvalue weighted by molar-refractivity contribution is -0.173. The van der Waals surface area contributed by atoms with Crippen molar-refractivity contribution in [3.05, 3.63) is 53.6 Å². The SMILES string of the molecule is CCOC(=O)c1ccc(S(=O)(=O)c2ccc(CCNC(=O)C(F)(F)F)cc2)cc1OCOC. The third kappa shape index (κ3) is 6.93. The number of nitrogens with one attached hydrogen (secondary N) is 1. The summed E-state index contributed by atoms with van der Waals surface area (Å²) in [5.74, 6) is -2.76. The molecule has 0 aliphatic carbocycles. The van der Waals surface area contributed by atoms with Gasteiger partial charge in [0.15, 0.2) is 6.79 Å². The summed E-state index contributed by atoms with van der Waals surface area (Å²) in [6, 6.07) is 9.15. The van der Waals surface area contributed by atoms with Gasteiger partial charge < -0.3 is 19.5 Å². The Morgan fingerprint density at radius 3 is 2.24 bits per heavy atom. The first-order valence-corrected chi connectivity index (χ1v) is 11.1. The number of amides is 1. The number of alkyl halides is 3. The zero-order chi connectivity index (χ0) is 24.6. The summed E-state index contributed by atoms with van der Waals surface area (Å²) in [7, 11) is -2.64. The fraction of sp³-hybridized carbons (Fsp3) is 0.333. The Morgan fingerprint density at radius 2 is 1.67 bits per heavy atom. The monoisotopic (exact) mass is 489 g/mol. The highest BCUT2D eigenvalue weighted by molar-refractivity contribution is 7.91. The van der Waals surface area contributed by atoms with Crippen LogP contribution < -0.4 is 10.1 Å². The standard InChI is InChI=1S/C21H22F3NO7S/c1-3-31-19(26)17-9-8-16(12-18(17)32-13-30-2)33(28,29)15-6-4-14(5-7-15)10-11-25-20(27)21(22,23)24/h4-9,12H,3,10-11,13H2,1-2H3,(H,25,27). The largest absolute Gasteiger partial charge is 0.471 e. The topological polar surface area (TPSA) is 108 Å². The molecule has 0 aliphatic heterocycles. The highest BCUT2D eigenvalue weighted by Crippen LogP contribution is 2.28. The molecule has 2 rings (SSSR count). The lowest BCUT2D eigenvalue weighted by Gasteiger charge is -2.13. The van der Waals surface area contributed by atoms with E-state index in [1.54, 1.807) is 12.2 Å². The fourth-order valence-corrected chi connectivity index (χ4v) is 3.96. The van der Waals surface area contributed by atoms with Crippen molar-refractivity contribution in [3.63, 3.8) is 0 Å². The van der Waals surface area contributed by atoms with E-state index in [1.807, 2.05) is 0 Å². The number of hydrogen-bond donors (Lipinski definition) is 1. The summed E-state index contributed by atoms with van der Waals surface area (Å²) in [6.07, 6.45) is -4.89. The van der Waals surface area contributed by atoms with Gasteiger partial charge in [0, 0.05) is 19.7 Å². The summed E-state index contributed by atoms with van der Waals surface area (Å²) >= 11 is 0. The number of methoxy groups -OCH3 is 1. The Balaban J connectivity index is 2.21. The first-order chi connectivity index (χ1) is 15.5. The van der Waals surface area contributed by atoms with E-state index < -0.39 is 27.9 Å². The van der Waals surface area contributed by atoms with Gasteiger partial charge in [-0.1, -0.05) is 12.1 Å². The molecule has 0 heterocycles. The van der Waals surface area contributed by atoms with Gasteiger partial charge in [-0.05, 0) is 43.2 Å². The van der Waals surface area contributed by atoms with Crippen molar-refractivity contribution in [2.45, 2.75) is 29.3 Å². The molecule has 2 aromatic carbocycles. The van der Waals surface area contributed by atoms with Gasteiger partial charge in [0.05, 0.1) is 16.4 Å². The molecule has 1 N–H and O–H groups in total. The van der Waals surface area contributed by atoms with Crippen molar-refractivity contribution < 1.29 is 45.4 Å². The highest BCUT2D eigenvalue weighted by Gasteiger charge is 2.38. The average Bonchev–Trinajstić information content (AvgIpc) is 2.77. The predicted molar refractivity (Wildman–Crippen MR) is 110 cm³/mol. The molecular formula is C21H22F3NO7S. The number of ether oxygens (including phenoxy) is 3. The predicted octanol–water partition coefficient (Wildman–Crippen LogP) is 2.90. The van der Waals surface area contributed by atoms with Crippen molar-refractivity contribution in [1.82, 2.24) is 5.32 Å². The molecular weight excluding hydrogens is 467 g/mol. The lowest BCUT2D eigenvalue weighted by atomic mass is 10.1. The number of carbonyl (C=O) groups excluding carboxylic acids is 2. The van der Waals surface area contributed by atoms with E-state index in [1.165, 1.54) is 49.6 Å². The molecule has 2 aromatic rings. The van der Waals surface area contributed by atoms with Crippen molar-refractivity contribution >= 4 is 21.7 Å². The molecule has 180 valence electrons. The van der Waals surface area contributed by atoms with E-state index in [0.717, 1.165) is 0 Å². The maximum Gasteiger partial charge on any atom is 0.471 e. The molecule has 0 aromatic heterocycles. The molecule has 0 fully saturated rings. The van der Waals surface area contributed by atoms with Gasteiger partial charge in [-0.15, -0.1) is 0 Å². The number of benzene rings is 2. The maximum atomic E-state index is 13.0. The number of halogens is 3. The number of hydrogen-bond acceptors (Lipinski definition) is 7. The molecule has 0 aliphatic rings. The first-order valence-electron chi connectivity index (χ1n) is 9.62. The van der Waals surface area contributed by atoms with Crippen LogP contribution in [0, 0.1) is 0 Å². The van der Waals surface area contributed by atoms with E-state index >= 15 is 0 Å². The van der Waals surface area contributed by atoms with Gasteiger partial charge in [-0.25, -0.2) is 13.2 Å². The summed E-state index contributed by atoms with van der Waals surface area (Å²) < 4.78 is 77.7. The number of sulfone groups is 1. The molecule has 0 saturated heterocycles. The molecule has 12 heteroatoms. The second kappa shape index (κ2) is 11.1. The Kier molecular flexibility index (Phi) is 8.83. The van der Waals surface area contributed by atoms with Gasteiger partial charge in [0.25, 0.3) is 0 Å². The van der Waals surface area contributed by atoms with Gasteiger partial charge in [0.1, 0.15) is 11.3 Å². The van der Waals surface area contributed by atoms with Crippen LogP contribution in [0.4, 0.5) is 13.2 Å². The van der Waals surface area contributed by atoms with Crippen LogP contribution >= 0.6 is 0 Å². The Hall–Kier alpha value is -3.12. The molecule has 0 atom stereocenters. The lowest BCUT2D eigenvalue weighted by Crippen LogP contribution is -2.37. The van der Waals surface area contributed by atoms with Crippen LogP contribution in [-0.2, 0) is 30.5 Å². The third-order valence-electron chi connectivity index (χ3n) is 4.28.